The zero-order valence-electron chi connectivity index (χ0n) is 12.5. The van der Waals surface area contributed by atoms with Crippen LogP contribution in [0, 0.1) is 11.6 Å². The molecule has 4 aromatic rings. The van der Waals surface area contributed by atoms with E-state index in [9.17, 15) is 8.78 Å². The monoisotopic (exact) mass is 358 g/mol. The number of anilines is 1. The van der Waals surface area contributed by atoms with Crippen molar-refractivity contribution in [2.75, 3.05) is 5.73 Å². The third-order valence-corrected chi connectivity index (χ3v) is 3.85. The van der Waals surface area contributed by atoms with Gasteiger partial charge in [0.1, 0.15) is 17.3 Å². The van der Waals surface area contributed by atoms with E-state index in [0.29, 0.717) is 22.3 Å². The van der Waals surface area contributed by atoms with E-state index in [2.05, 4.69) is 15.0 Å². The predicted octanol–water partition coefficient (Wildman–Crippen LogP) is 4.47. The molecule has 5 nitrogen and oxygen atoms in total. The normalized spacial score (nSPS) is 11.2. The van der Waals surface area contributed by atoms with Crippen LogP contribution in [-0.2, 0) is 0 Å². The molecule has 2 aromatic heterocycles. The van der Waals surface area contributed by atoms with Gasteiger partial charge in [-0.3, -0.25) is 0 Å². The van der Waals surface area contributed by atoms with Crippen LogP contribution in [0.15, 0.2) is 46.9 Å². The third kappa shape index (κ3) is 2.78. The molecule has 0 amide bonds. The van der Waals surface area contributed by atoms with Crippen LogP contribution in [0.2, 0.25) is 5.02 Å². The van der Waals surface area contributed by atoms with Crippen molar-refractivity contribution in [3.05, 3.63) is 59.1 Å². The number of hydrogen-bond acceptors (Lipinski definition) is 5. The van der Waals surface area contributed by atoms with Crippen LogP contribution in [0.3, 0.4) is 0 Å². The number of aromatic nitrogens is 3. The quantitative estimate of drug-likeness (QED) is 0.572. The molecule has 0 saturated carbocycles. The lowest BCUT2D eigenvalue weighted by atomic mass is 10.1. The minimum atomic E-state index is -0.546. The van der Waals surface area contributed by atoms with Crippen molar-refractivity contribution in [1.29, 1.82) is 0 Å². The lowest BCUT2D eigenvalue weighted by Crippen LogP contribution is -1.97. The highest BCUT2D eigenvalue weighted by Gasteiger charge is 2.17. The van der Waals surface area contributed by atoms with E-state index < -0.39 is 5.82 Å². The highest BCUT2D eigenvalue weighted by Crippen LogP contribution is 2.32. The van der Waals surface area contributed by atoms with Crippen molar-refractivity contribution in [2.24, 2.45) is 0 Å². The van der Waals surface area contributed by atoms with E-state index in [-0.39, 0.29) is 28.4 Å². The van der Waals surface area contributed by atoms with Gasteiger partial charge in [0, 0.05) is 11.1 Å². The van der Waals surface area contributed by atoms with Crippen LogP contribution in [0.4, 0.5) is 14.7 Å². The second-order valence-corrected chi connectivity index (χ2v) is 5.65. The molecule has 0 spiro atoms. The van der Waals surface area contributed by atoms with E-state index in [0.717, 1.165) is 0 Å². The number of benzene rings is 2. The van der Waals surface area contributed by atoms with Gasteiger partial charge in [-0.25, -0.2) is 18.7 Å². The Morgan fingerprint density at radius 2 is 1.64 bits per heavy atom. The van der Waals surface area contributed by atoms with Crippen molar-refractivity contribution in [2.45, 2.75) is 0 Å². The number of fused-ring (bicyclic) bond motifs is 1. The number of nitrogen functional groups attached to an aromatic ring is 1. The molecule has 0 bridgehead atoms. The van der Waals surface area contributed by atoms with E-state index in [1.54, 1.807) is 0 Å². The average molecular weight is 359 g/mol. The highest BCUT2D eigenvalue weighted by molar-refractivity contribution is 6.31. The molecule has 0 saturated heterocycles. The standard InChI is InChI=1S/C17H9ClF2N4O/c18-11-7-9(3-6-12(11)20)13-14-16(24-17(21)23-13)25-15(22-14)8-1-4-10(19)5-2-8/h1-7H,(H2,21,23,24). The first-order chi connectivity index (χ1) is 12.0. The van der Waals surface area contributed by atoms with Crippen molar-refractivity contribution in [3.63, 3.8) is 0 Å². The maximum atomic E-state index is 13.4. The predicted molar refractivity (Wildman–Crippen MR) is 89.8 cm³/mol. The molecular weight excluding hydrogens is 350 g/mol. The summed E-state index contributed by atoms with van der Waals surface area (Å²) in [6, 6.07) is 9.81. The first-order valence-corrected chi connectivity index (χ1v) is 7.54. The topological polar surface area (TPSA) is 77.8 Å². The van der Waals surface area contributed by atoms with Gasteiger partial charge in [0.05, 0.1) is 5.02 Å². The summed E-state index contributed by atoms with van der Waals surface area (Å²) in [6.07, 6.45) is 0. The fourth-order valence-electron chi connectivity index (χ4n) is 2.40. The zero-order valence-corrected chi connectivity index (χ0v) is 13.3. The molecule has 8 heteroatoms. The SMILES string of the molecule is Nc1nc(-c2ccc(F)c(Cl)c2)c2nc(-c3ccc(F)cc3)oc2n1. The Labute approximate surface area is 145 Å². The van der Waals surface area contributed by atoms with Crippen molar-refractivity contribution in [3.8, 4) is 22.7 Å². The molecule has 2 N–H and O–H groups in total. The fraction of sp³-hybridized carbons (Fsp3) is 0. The molecule has 4 rings (SSSR count). The summed E-state index contributed by atoms with van der Waals surface area (Å²) < 4.78 is 32.1. The smallest absolute Gasteiger partial charge is 0.252 e. The summed E-state index contributed by atoms with van der Waals surface area (Å²) in [5.41, 5.74) is 7.69. The molecular formula is C17H9ClF2N4O. The van der Waals surface area contributed by atoms with Crippen LogP contribution in [0.1, 0.15) is 0 Å². The Morgan fingerprint density at radius 3 is 2.36 bits per heavy atom. The molecule has 2 aromatic carbocycles. The fourth-order valence-corrected chi connectivity index (χ4v) is 2.58. The Bertz CT molecular complexity index is 1100. The number of nitrogens with zero attached hydrogens (tertiary/aromatic N) is 3. The Balaban J connectivity index is 1.92. The minimum Gasteiger partial charge on any atom is -0.417 e. The Hall–Kier alpha value is -3.06. The van der Waals surface area contributed by atoms with Gasteiger partial charge in [0.2, 0.25) is 11.8 Å². The van der Waals surface area contributed by atoms with Crippen LogP contribution in [0.5, 0.6) is 0 Å². The van der Waals surface area contributed by atoms with Crippen LogP contribution in [-0.4, -0.2) is 15.0 Å². The molecule has 0 aliphatic carbocycles. The molecule has 0 aliphatic heterocycles. The largest absolute Gasteiger partial charge is 0.417 e. The number of oxazole rings is 1. The average Bonchev–Trinajstić information content (AvgIpc) is 3.01. The van der Waals surface area contributed by atoms with Gasteiger partial charge in [-0.2, -0.15) is 4.98 Å². The molecule has 0 atom stereocenters. The van der Waals surface area contributed by atoms with Gasteiger partial charge in [0.15, 0.2) is 5.52 Å². The van der Waals surface area contributed by atoms with Crippen LogP contribution >= 0.6 is 11.6 Å². The molecule has 0 fully saturated rings. The van der Waals surface area contributed by atoms with Gasteiger partial charge in [-0.05, 0) is 42.5 Å². The maximum Gasteiger partial charge on any atom is 0.252 e. The van der Waals surface area contributed by atoms with Gasteiger partial charge in [-0.1, -0.05) is 11.6 Å². The minimum absolute atomic E-state index is 0.0234. The maximum absolute atomic E-state index is 13.4. The Morgan fingerprint density at radius 1 is 0.920 bits per heavy atom. The van der Waals surface area contributed by atoms with Gasteiger partial charge < -0.3 is 10.2 Å². The molecule has 124 valence electrons. The van der Waals surface area contributed by atoms with Gasteiger partial charge >= 0.3 is 0 Å². The first-order valence-electron chi connectivity index (χ1n) is 7.16. The van der Waals surface area contributed by atoms with Crippen molar-refractivity contribution >= 4 is 28.8 Å². The van der Waals surface area contributed by atoms with Gasteiger partial charge in [-0.15, -0.1) is 0 Å². The molecule has 25 heavy (non-hydrogen) atoms. The van der Waals surface area contributed by atoms with E-state index in [1.165, 1.54) is 42.5 Å². The lowest BCUT2D eigenvalue weighted by Gasteiger charge is -2.03. The van der Waals surface area contributed by atoms with Crippen LogP contribution < -0.4 is 5.73 Å². The Kier molecular flexibility index (Phi) is 3.58. The number of halogens is 3. The van der Waals surface area contributed by atoms with Crippen molar-refractivity contribution in [1.82, 2.24) is 15.0 Å². The first kappa shape index (κ1) is 15.5. The lowest BCUT2D eigenvalue weighted by molar-refractivity contribution is 0.606. The number of rotatable bonds is 2. The highest BCUT2D eigenvalue weighted by atomic mass is 35.5. The van der Waals surface area contributed by atoms with E-state index in [4.69, 9.17) is 21.8 Å². The van der Waals surface area contributed by atoms with E-state index >= 15 is 0 Å². The molecule has 0 radical (unpaired) electrons. The number of nitrogens with two attached hydrogens (primary N) is 1. The second-order valence-electron chi connectivity index (χ2n) is 5.24. The van der Waals surface area contributed by atoms with Gasteiger partial charge in [0.25, 0.3) is 5.71 Å². The van der Waals surface area contributed by atoms with Crippen molar-refractivity contribution < 1.29 is 13.2 Å². The second kappa shape index (κ2) is 5.78. The summed E-state index contributed by atoms with van der Waals surface area (Å²) in [7, 11) is 0. The van der Waals surface area contributed by atoms with Crippen LogP contribution in [0.25, 0.3) is 33.9 Å². The third-order valence-electron chi connectivity index (χ3n) is 3.56. The zero-order chi connectivity index (χ0) is 17.6. The number of hydrogen-bond donors (Lipinski definition) is 1. The summed E-state index contributed by atoms with van der Waals surface area (Å²) >= 11 is 5.84. The summed E-state index contributed by atoms with van der Waals surface area (Å²) in [4.78, 5) is 12.6. The molecule has 0 unspecified atom stereocenters. The summed E-state index contributed by atoms with van der Waals surface area (Å²) in [5.74, 6) is -0.699. The molecule has 2 heterocycles. The summed E-state index contributed by atoms with van der Waals surface area (Å²) in [5, 5.41) is -0.0508. The summed E-state index contributed by atoms with van der Waals surface area (Å²) in [6.45, 7) is 0. The molecule has 0 aliphatic rings. The van der Waals surface area contributed by atoms with E-state index in [1.807, 2.05) is 0 Å².